The second-order valence-electron chi connectivity index (χ2n) is 2.26. The second kappa shape index (κ2) is 5.77. The smallest absolute Gasteiger partial charge is 0.216 e. The Hall–Kier alpha value is 0.184. The van der Waals surface area contributed by atoms with Crippen LogP contribution in [0, 0.1) is 13.0 Å². The fraction of sp³-hybridized carbons (Fsp3) is 0.222. The summed E-state index contributed by atoms with van der Waals surface area (Å²) in [6, 6.07) is 9.35. The Kier molecular flexibility index (Phi) is 5.85. The van der Waals surface area contributed by atoms with E-state index in [1.54, 1.807) is 24.3 Å². The fourth-order valence-electron chi connectivity index (χ4n) is 0.774. The predicted octanol–water partition coefficient (Wildman–Crippen LogP) is 2.67. The van der Waals surface area contributed by atoms with Crippen molar-refractivity contribution in [2.24, 2.45) is 0 Å². The molecule has 0 aliphatic carbocycles. The normalized spacial score (nSPS) is 12.3. The van der Waals surface area contributed by atoms with Gasteiger partial charge < -0.3 is 6.92 Å². The van der Waals surface area contributed by atoms with Crippen molar-refractivity contribution in [2.75, 3.05) is 0 Å². The van der Waals surface area contributed by atoms with Crippen molar-refractivity contribution < 1.29 is 41.5 Å². The van der Waals surface area contributed by atoms with E-state index in [-0.39, 0.29) is 32.7 Å². The van der Waals surface area contributed by atoms with Crippen LogP contribution < -0.4 is 0 Å². The van der Waals surface area contributed by atoms with Crippen LogP contribution in [0.2, 0.25) is 0 Å². The van der Waals surface area contributed by atoms with E-state index >= 15 is 0 Å². The van der Waals surface area contributed by atoms with Gasteiger partial charge in [0, 0.05) is 32.7 Å². The molecular weight excluding hydrogens is 235 g/mol. The minimum absolute atomic E-state index is 0. The van der Waals surface area contributed by atoms with Gasteiger partial charge in [-0.05, 0) is 0 Å². The summed E-state index contributed by atoms with van der Waals surface area (Å²) >= 11 is 0. The first kappa shape index (κ1) is 12.2. The molecule has 63 valence electrons. The maximum Gasteiger partial charge on any atom is 0.216 e. The summed E-state index contributed by atoms with van der Waals surface area (Å²) in [6.07, 6.45) is -2.41. The van der Waals surface area contributed by atoms with Gasteiger partial charge in [0.15, 0.2) is 0 Å². The molecule has 1 aromatic rings. The van der Waals surface area contributed by atoms with Gasteiger partial charge in [-0.15, -0.1) is 5.92 Å². The molecule has 0 heterocycles. The van der Waals surface area contributed by atoms with E-state index in [1.807, 2.05) is 0 Å². The van der Waals surface area contributed by atoms with E-state index < -0.39 is 12.3 Å². The second-order valence-corrected chi connectivity index (χ2v) is 2.26. The third-order valence-corrected chi connectivity index (χ3v) is 1.44. The zero-order chi connectivity index (χ0) is 8.27. The molecule has 1 rings (SSSR count). The van der Waals surface area contributed by atoms with Gasteiger partial charge in [-0.25, -0.2) is 8.78 Å². The summed E-state index contributed by atoms with van der Waals surface area (Å²) in [7, 11) is 0. The van der Waals surface area contributed by atoms with Crippen molar-refractivity contribution in [2.45, 2.75) is 12.3 Å². The molecule has 0 bridgehead atoms. The zero-order valence-corrected chi connectivity index (χ0v) is 9.34. The number of halogens is 2. The number of rotatable bonds is 2. The summed E-state index contributed by atoms with van der Waals surface area (Å²) in [6.45, 7) is 3.33. The van der Waals surface area contributed by atoms with Crippen LogP contribution in [0.25, 0.3) is 0 Å². The van der Waals surface area contributed by atoms with E-state index in [0.29, 0.717) is 5.56 Å². The van der Waals surface area contributed by atoms with Gasteiger partial charge in [-0.3, -0.25) is 0 Å². The fourth-order valence-corrected chi connectivity index (χ4v) is 0.774. The minimum atomic E-state index is -2.41. The standard InChI is InChI=1S/C9H8F2.Y/c1-7(9(10)11)8-5-3-2-4-6-8;/h2-5,7,9H,1H2;/q-2;. The molecule has 0 saturated carbocycles. The van der Waals surface area contributed by atoms with Gasteiger partial charge in [0.05, 0.1) is 0 Å². The quantitative estimate of drug-likeness (QED) is 0.700. The van der Waals surface area contributed by atoms with Crippen LogP contribution in [0.15, 0.2) is 24.3 Å². The molecular formula is C9H8F2Y-2. The van der Waals surface area contributed by atoms with Crippen LogP contribution >= 0.6 is 0 Å². The van der Waals surface area contributed by atoms with E-state index in [0.717, 1.165) is 0 Å². The number of hydrogen-bond acceptors (Lipinski definition) is 0. The molecule has 0 fully saturated rings. The minimum Gasteiger partial charge on any atom is -0.333 e. The van der Waals surface area contributed by atoms with Gasteiger partial charge in [0.1, 0.15) is 0 Å². The molecule has 0 nitrogen and oxygen atoms in total. The maximum atomic E-state index is 12.0. The van der Waals surface area contributed by atoms with Crippen molar-refractivity contribution in [3.05, 3.63) is 42.8 Å². The Morgan fingerprint density at radius 1 is 1.33 bits per heavy atom. The Morgan fingerprint density at radius 3 is 2.42 bits per heavy atom. The Morgan fingerprint density at radius 2 is 2.00 bits per heavy atom. The van der Waals surface area contributed by atoms with Crippen LogP contribution in [0.5, 0.6) is 0 Å². The van der Waals surface area contributed by atoms with E-state index in [9.17, 15) is 8.78 Å². The van der Waals surface area contributed by atoms with Crippen LogP contribution in [-0.4, -0.2) is 6.43 Å². The summed E-state index contributed by atoms with van der Waals surface area (Å²) < 4.78 is 24.1. The number of alkyl halides is 2. The monoisotopic (exact) mass is 243 g/mol. The summed E-state index contributed by atoms with van der Waals surface area (Å²) in [5.41, 5.74) is 0.461. The topological polar surface area (TPSA) is 0 Å². The third-order valence-electron chi connectivity index (χ3n) is 1.44. The number of hydrogen-bond donors (Lipinski definition) is 0. The van der Waals surface area contributed by atoms with Crippen LogP contribution in [0.3, 0.4) is 0 Å². The summed E-state index contributed by atoms with van der Waals surface area (Å²) in [5, 5.41) is 0. The average molecular weight is 243 g/mol. The molecule has 0 aliphatic heterocycles. The first-order chi connectivity index (χ1) is 5.22. The molecule has 0 aromatic heterocycles. The summed E-state index contributed by atoms with van der Waals surface area (Å²) in [5.74, 6) is -0.962. The van der Waals surface area contributed by atoms with Crippen LogP contribution in [0.1, 0.15) is 11.5 Å². The Labute approximate surface area is 96.2 Å². The number of benzene rings is 1. The molecule has 1 aromatic carbocycles. The molecule has 0 spiro atoms. The molecule has 1 unspecified atom stereocenters. The molecule has 3 heteroatoms. The van der Waals surface area contributed by atoms with Gasteiger partial charge in [0.2, 0.25) is 6.43 Å². The molecule has 1 atom stereocenters. The van der Waals surface area contributed by atoms with Crippen molar-refractivity contribution >= 4 is 0 Å². The van der Waals surface area contributed by atoms with Crippen molar-refractivity contribution in [3.8, 4) is 0 Å². The summed E-state index contributed by atoms with van der Waals surface area (Å²) in [4.78, 5) is 0. The van der Waals surface area contributed by atoms with Crippen molar-refractivity contribution in [1.82, 2.24) is 0 Å². The van der Waals surface area contributed by atoms with Crippen LogP contribution in [0.4, 0.5) is 8.78 Å². The van der Waals surface area contributed by atoms with Gasteiger partial charge >= 0.3 is 0 Å². The predicted molar refractivity (Wildman–Crippen MR) is 39.4 cm³/mol. The SMILES string of the molecule is [CH2-]C(c1[c-]cccc1)C(F)F.[Y]. The average Bonchev–Trinajstić information content (AvgIpc) is 2.05. The third kappa shape index (κ3) is 3.28. The maximum absolute atomic E-state index is 12.0. The van der Waals surface area contributed by atoms with Crippen LogP contribution in [-0.2, 0) is 32.7 Å². The van der Waals surface area contributed by atoms with E-state index in [1.165, 1.54) is 0 Å². The van der Waals surface area contributed by atoms with Crippen molar-refractivity contribution in [3.63, 3.8) is 0 Å². The molecule has 12 heavy (non-hydrogen) atoms. The molecule has 1 radical (unpaired) electrons. The van der Waals surface area contributed by atoms with Crippen molar-refractivity contribution in [1.29, 1.82) is 0 Å². The molecule has 0 N–H and O–H groups in total. The zero-order valence-electron chi connectivity index (χ0n) is 6.50. The molecule has 0 amide bonds. The van der Waals surface area contributed by atoms with E-state index in [4.69, 9.17) is 0 Å². The first-order valence-electron chi connectivity index (χ1n) is 3.29. The largest absolute Gasteiger partial charge is 0.333 e. The first-order valence-corrected chi connectivity index (χ1v) is 3.29. The van der Waals surface area contributed by atoms with E-state index in [2.05, 4.69) is 13.0 Å². The van der Waals surface area contributed by atoms with Gasteiger partial charge in [0.25, 0.3) is 0 Å². The molecule has 0 aliphatic rings. The van der Waals surface area contributed by atoms with Gasteiger partial charge in [-0.1, -0.05) is 0 Å². The van der Waals surface area contributed by atoms with Gasteiger partial charge in [-0.2, -0.15) is 35.9 Å². The molecule has 0 saturated heterocycles. The Bertz CT molecular complexity index is 211. The Balaban J connectivity index is 0.00000121.